The molecule has 112 valence electrons. The van der Waals surface area contributed by atoms with Crippen molar-refractivity contribution in [3.8, 4) is 0 Å². The first-order valence-electron chi connectivity index (χ1n) is 6.40. The molecule has 0 amide bonds. The summed E-state index contributed by atoms with van der Waals surface area (Å²) in [6.45, 7) is 2.75. The van der Waals surface area contributed by atoms with E-state index in [9.17, 15) is 8.42 Å². The van der Waals surface area contributed by atoms with Gasteiger partial charge in [-0.05, 0) is 48.4 Å². The molecule has 0 aliphatic carbocycles. The third-order valence-electron chi connectivity index (χ3n) is 2.88. The van der Waals surface area contributed by atoms with Crippen LogP contribution in [0.4, 0.5) is 11.4 Å². The molecule has 0 saturated heterocycles. The van der Waals surface area contributed by atoms with Gasteiger partial charge >= 0.3 is 0 Å². The van der Waals surface area contributed by atoms with Crippen LogP contribution in [0.1, 0.15) is 11.1 Å². The molecule has 0 unspecified atom stereocenters. The van der Waals surface area contributed by atoms with Gasteiger partial charge in [-0.15, -0.1) is 0 Å². The first-order valence-corrected chi connectivity index (χ1v) is 9.09. The van der Waals surface area contributed by atoms with Crippen LogP contribution < -0.4 is 10.0 Å². The summed E-state index contributed by atoms with van der Waals surface area (Å²) in [6, 6.07) is 13.4. The standard InChI is InChI=1S/C15H17BrN2O2S/c1-11-3-4-12(15(16)9-11)10-17-13-5-7-14(8-6-13)18-21(2,19)20/h3-9,17-18H,10H2,1-2H3. The molecule has 21 heavy (non-hydrogen) atoms. The molecule has 0 heterocycles. The molecule has 4 nitrogen and oxygen atoms in total. The normalized spacial score (nSPS) is 11.2. The van der Waals surface area contributed by atoms with E-state index in [0.717, 1.165) is 16.4 Å². The molecule has 0 aliphatic heterocycles. The number of halogens is 1. The molecule has 0 spiro atoms. The van der Waals surface area contributed by atoms with Crippen LogP contribution in [-0.2, 0) is 16.6 Å². The van der Waals surface area contributed by atoms with Crippen molar-refractivity contribution in [1.29, 1.82) is 0 Å². The first-order chi connectivity index (χ1) is 9.83. The average Bonchev–Trinajstić information content (AvgIpc) is 2.38. The summed E-state index contributed by atoms with van der Waals surface area (Å²) in [5, 5.41) is 3.30. The molecule has 0 bridgehead atoms. The Balaban J connectivity index is 2.00. The van der Waals surface area contributed by atoms with Gasteiger partial charge in [-0.1, -0.05) is 28.1 Å². The summed E-state index contributed by atoms with van der Waals surface area (Å²) in [7, 11) is -3.23. The van der Waals surface area contributed by atoms with E-state index in [-0.39, 0.29) is 0 Å². The fourth-order valence-corrected chi connectivity index (χ4v) is 3.06. The number of nitrogens with one attached hydrogen (secondary N) is 2. The molecular formula is C15H17BrN2O2S. The minimum Gasteiger partial charge on any atom is -0.381 e. The minimum absolute atomic E-state index is 0.555. The molecular weight excluding hydrogens is 352 g/mol. The lowest BCUT2D eigenvalue weighted by atomic mass is 10.1. The molecule has 2 aromatic carbocycles. The summed E-state index contributed by atoms with van der Waals surface area (Å²) in [5.41, 5.74) is 3.86. The van der Waals surface area contributed by atoms with Crippen molar-refractivity contribution in [2.24, 2.45) is 0 Å². The van der Waals surface area contributed by atoms with Crippen LogP contribution in [0.15, 0.2) is 46.9 Å². The van der Waals surface area contributed by atoms with Crippen LogP contribution in [0.25, 0.3) is 0 Å². The second kappa shape index (κ2) is 6.49. The van der Waals surface area contributed by atoms with Gasteiger partial charge in [0.15, 0.2) is 0 Å². The van der Waals surface area contributed by atoms with Crippen molar-refractivity contribution < 1.29 is 8.42 Å². The van der Waals surface area contributed by atoms with Crippen LogP contribution in [0.2, 0.25) is 0 Å². The quantitative estimate of drug-likeness (QED) is 0.844. The van der Waals surface area contributed by atoms with Gasteiger partial charge in [0.1, 0.15) is 0 Å². The molecule has 0 aromatic heterocycles. The zero-order valence-corrected chi connectivity index (χ0v) is 14.3. The monoisotopic (exact) mass is 368 g/mol. The lowest BCUT2D eigenvalue weighted by Gasteiger charge is -2.10. The Bertz CT molecular complexity index is 728. The maximum atomic E-state index is 11.1. The maximum absolute atomic E-state index is 11.1. The molecule has 0 fully saturated rings. The van der Waals surface area contributed by atoms with Gasteiger partial charge < -0.3 is 5.32 Å². The zero-order chi connectivity index (χ0) is 15.5. The van der Waals surface area contributed by atoms with Crippen molar-refractivity contribution in [2.45, 2.75) is 13.5 Å². The summed E-state index contributed by atoms with van der Waals surface area (Å²) >= 11 is 3.55. The number of anilines is 2. The summed E-state index contributed by atoms with van der Waals surface area (Å²) < 4.78 is 25.8. The second-order valence-corrected chi connectivity index (χ2v) is 7.50. The van der Waals surface area contributed by atoms with Crippen molar-refractivity contribution in [3.63, 3.8) is 0 Å². The van der Waals surface area contributed by atoms with Crippen LogP contribution in [0.5, 0.6) is 0 Å². The first kappa shape index (κ1) is 15.9. The Labute approximate surface area is 133 Å². The highest BCUT2D eigenvalue weighted by atomic mass is 79.9. The Morgan fingerprint density at radius 2 is 1.67 bits per heavy atom. The van der Waals surface area contributed by atoms with Crippen molar-refractivity contribution >= 4 is 37.3 Å². The van der Waals surface area contributed by atoms with Crippen LogP contribution >= 0.6 is 15.9 Å². The molecule has 0 atom stereocenters. The number of sulfonamides is 1. The van der Waals surface area contributed by atoms with Gasteiger partial charge in [0.2, 0.25) is 10.0 Å². The molecule has 2 rings (SSSR count). The molecule has 2 aromatic rings. The fraction of sp³-hybridized carbons (Fsp3) is 0.200. The Morgan fingerprint density at radius 3 is 2.24 bits per heavy atom. The summed E-state index contributed by atoms with van der Waals surface area (Å²) in [6.07, 6.45) is 1.13. The van der Waals surface area contributed by atoms with E-state index in [1.807, 2.05) is 12.1 Å². The SMILES string of the molecule is Cc1ccc(CNc2ccc(NS(C)(=O)=O)cc2)c(Br)c1. The van der Waals surface area contributed by atoms with Gasteiger partial charge in [-0.2, -0.15) is 0 Å². The van der Waals surface area contributed by atoms with Gasteiger partial charge in [0, 0.05) is 22.4 Å². The van der Waals surface area contributed by atoms with Crippen LogP contribution in [0.3, 0.4) is 0 Å². The molecule has 0 saturated carbocycles. The predicted molar refractivity (Wildman–Crippen MR) is 91.1 cm³/mol. The largest absolute Gasteiger partial charge is 0.381 e. The number of hydrogen-bond donors (Lipinski definition) is 2. The zero-order valence-electron chi connectivity index (χ0n) is 11.9. The molecule has 6 heteroatoms. The van der Waals surface area contributed by atoms with E-state index in [1.165, 1.54) is 11.1 Å². The van der Waals surface area contributed by atoms with Crippen molar-refractivity contribution in [3.05, 3.63) is 58.1 Å². The number of rotatable bonds is 5. The lowest BCUT2D eigenvalue weighted by Crippen LogP contribution is -2.09. The highest BCUT2D eigenvalue weighted by molar-refractivity contribution is 9.10. The number of benzene rings is 2. The van der Waals surface area contributed by atoms with Gasteiger partial charge in [0.25, 0.3) is 0 Å². The Kier molecular flexibility index (Phi) is 4.90. The van der Waals surface area contributed by atoms with E-state index < -0.39 is 10.0 Å². The molecule has 2 N–H and O–H groups in total. The highest BCUT2D eigenvalue weighted by Crippen LogP contribution is 2.20. The van der Waals surface area contributed by atoms with Crippen molar-refractivity contribution in [2.75, 3.05) is 16.3 Å². The van der Waals surface area contributed by atoms with E-state index in [2.05, 4.69) is 51.1 Å². The van der Waals surface area contributed by atoms with E-state index in [0.29, 0.717) is 12.2 Å². The topological polar surface area (TPSA) is 58.2 Å². The van der Waals surface area contributed by atoms with E-state index in [4.69, 9.17) is 0 Å². The van der Waals surface area contributed by atoms with E-state index in [1.54, 1.807) is 12.1 Å². The van der Waals surface area contributed by atoms with Gasteiger partial charge in [-0.25, -0.2) is 8.42 Å². The third kappa shape index (κ3) is 5.06. The maximum Gasteiger partial charge on any atom is 0.229 e. The lowest BCUT2D eigenvalue weighted by molar-refractivity contribution is 0.607. The minimum atomic E-state index is -3.23. The van der Waals surface area contributed by atoms with Crippen molar-refractivity contribution in [1.82, 2.24) is 0 Å². The van der Waals surface area contributed by atoms with Crippen LogP contribution in [-0.4, -0.2) is 14.7 Å². The predicted octanol–water partition coefficient (Wildman–Crippen LogP) is 3.74. The smallest absolute Gasteiger partial charge is 0.229 e. The second-order valence-electron chi connectivity index (χ2n) is 4.90. The fourth-order valence-electron chi connectivity index (χ4n) is 1.86. The molecule has 0 radical (unpaired) electrons. The number of aryl methyl sites for hydroxylation is 1. The van der Waals surface area contributed by atoms with E-state index >= 15 is 0 Å². The Morgan fingerprint density at radius 1 is 1.05 bits per heavy atom. The van der Waals surface area contributed by atoms with Gasteiger partial charge in [-0.3, -0.25) is 4.72 Å². The molecule has 0 aliphatic rings. The Hall–Kier alpha value is -1.53. The summed E-state index contributed by atoms with van der Waals surface area (Å²) in [5.74, 6) is 0. The van der Waals surface area contributed by atoms with Gasteiger partial charge in [0.05, 0.1) is 6.26 Å². The third-order valence-corrected chi connectivity index (χ3v) is 4.22. The summed E-state index contributed by atoms with van der Waals surface area (Å²) in [4.78, 5) is 0. The highest BCUT2D eigenvalue weighted by Gasteiger charge is 2.03. The number of hydrogen-bond acceptors (Lipinski definition) is 3. The van der Waals surface area contributed by atoms with Crippen LogP contribution in [0, 0.1) is 6.92 Å². The average molecular weight is 369 g/mol.